The predicted octanol–water partition coefficient (Wildman–Crippen LogP) is 19.8. The van der Waals surface area contributed by atoms with Gasteiger partial charge in [-0.1, -0.05) is 211 Å². The van der Waals surface area contributed by atoms with Gasteiger partial charge in [0.1, 0.15) is 17.3 Å². The van der Waals surface area contributed by atoms with E-state index in [4.69, 9.17) is 17.9 Å². The summed E-state index contributed by atoms with van der Waals surface area (Å²) in [7, 11) is 0. The lowest BCUT2D eigenvalue weighted by Crippen LogP contribution is -2.28. The fourth-order valence-electron chi connectivity index (χ4n) is 11.4. The van der Waals surface area contributed by atoms with Gasteiger partial charge in [-0.3, -0.25) is 4.57 Å². The average Bonchev–Trinajstić information content (AvgIpc) is 1.57. The largest absolute Gasteiger partial charge is 0.457 e. The van der Waals surface area contributed by atoms with Crippen molar-refractivity contribution < 1.29 is 18.4 Å². The molecule has 2 heterocycles. The molecule has 0 unspecified atom stereocenters. The van der Waals surface area contributed by atoms with E-state index in [0.29, 0.717) is 34.1 Å². The predicted molar refractivity (Wildman–Crippen MR) is 330 cm³/mol. The standard InChI is InChI=1S/C74H62N4O/c1-72(2,3)52-40-41-75-70(46-52)78-68-37-23-18-32-60(68)61-39-38-56(48-69(61)78)79-57-43-54(74(51-28-14-9-15-29-51)64-33-19-16-30-58(64)59-31-17-20-34-65(59)74)42-55(47-57)76-66-35-21-22-36-67(66)77-71-62(49-24-10-7-11-25-49)44-53(73(4,5)6)45-63(71)50-26-12-8-13-27-50/h7-48,76-77H,1-6H3/i7D,8D,10D,11D,12D,13D,24D,25D,26D,27D. The highest BCUT2D eigenvalue weighted by molar-refractivity contribution is 6.09. The van der Waals surface area contributed by atoms with Gasteiger partial charge in [-0.05, 0) is 133 Å². The first-order chi connectivity index (χ1) is 42.6. The van der Waals surface area contributed by atoms with Crippen molar-refractivity contribution in [2.45, 2.75) is 57.8 Å². The molecule has 2 N–H and O–H groups in total. The lowest BCUT2D eigenvalue weighted by Gasteiger charge is -2.34. The zero-order valence-corrected chi connectivity index (χ0v) is 44.8. The number of nitrogens with one attached hydrogen (secondary N) is 2. The molecule has 0 atom stereocenters. The van der Waals surface area contributed by atoms with Crippen LogP contribution in [0.2, 0.25) is 0 Å². The minimum Gasteiger partial charge on any atom is -0.457 e. The summed E-state index contributed by atoms with van der Waals surface area (Å²) in [6.45, 7) is 12.4. The second-order valence-corrected chi connectivity index (χ2v) is 22.2. The first-order valence-electron chi connectivity index (χ1n) is 31.6. The molecule has 12 aromatic rings. The molecule has 79 heavy (non-hydrogen) atoms. The third kappa shape index (κ3) is 8.82. The Kier molecular flexibility index (Phi) is 9.64. The normalized spacial score (nSPS) is 14.6. The Morgan fingerprint density at radius 2 is 1.03 bits per heavy atom. The summed E-state index contributed by atoms with van der Waals surface area (Å²) in [5.41, 5.74) is 10.2. The fraction of sp³-hybridized carbons (Fsp3) is 0.122. The SMILES string of the molecule is [2H]c1c([2H])c([2H])c(-c2cc(C(C)(C)C)cc(-c3c([2H])c([2H])c([2H])c([2H])c3[2H])c2Nc2ccccc2Nc2cc(Oc3ccc4c5ccccc5n(-c5cc(C(C)(C)C)ccn5)c4c3)cc(C3(c4ccccc4)c4ccccc4-c4ccccc43)c2)c([2H])c1[2H]. The van der Waals surface area contributed by atoms with Crippen molar-refractivity contribution in [3.63, 3.8) is 0 Å². The van der Waals surface area contributed by atoms with E-state index in [9.17, 15) is 5.48 Å². The van der Waals surface area contributed by atoms with Gasteiger partial charge < -0.3 is 15.4 Å². The lowest BCUT2D eigenvalue weighted by molar-refractivity contribution is 0.482. The monoisotopic (exact) mass is 1030 g/mol. The molecule has 1 aliphatic carbocycles. The minimum absolute atomic E-state index is 0.124. The van der Waals surface area contributed by atoms with Crippen LogP contribution in [-0.2, 0) is 16.2 Å². The van der Waals surface area contributed by atoms with Gasteiger partial charge in [0.15, 0.2) is 0 Å². The van der Waals surface area contributed by atoms with Crippen molar-refractivity contribution in [3.8, 4) is 50.7 Å². The van der Waals surface area contributed by atoms with Crippen molar-refractivity contribution >= 4 is 44.6 Å². The summed E-state index contributed by atoms with van der Waals surface area (Å²) in [5.74, 6) is 1.89. The van der Waals surface area contributed by atoms with Crippen LogP contribution in [0.4, 0.5) is 22.7 Å². The van der Waals surface area contributed by atoms with E-state index in [0.717, 1.165) is 66.6 Å². The maximum Gasteiger partial charge on any atom is 0.137 e. The number of ether oxygens (including phenoxy) is 1. The molecular formula is C74H62N4O. The zero-order chi connectivity index (χ0) is 62.6. The first-order valence-corrected chi connectivity index (χ1v) is 26.6. The molecule has 384 valence electrons. The highest BCUT2D eigenvalue weighted by Gasteiger charge is 2.46. The average molecular weight is 1030 g/mol. The molecule has 0 fully saturated rings. The molecule has 0 spiro atoms. The van der Waals surface area contributed by atoms with Gasteiger partial charge in [0, 0.05) is 45.9 Å². The topological polar surface area (TPSA) is 51.1 Å². The Hall–Kier alpha value is -9.45. The third-order valence-corrected chi connectivity index (χ3v) is 15.2. The number of hydrogen-bond acceptors (Lipinski definition) is 4. The molecular weight excluding hydrogens is 961 g/mol. The molecule has 0 bridgehead atoms. The maximum absolute atomic E-state index is 9.34. The molecule has 0 aliphatic heterocycles. The molecule has 0 saturated heterocycles. The third-order valence-electron chi connectivity index (χ3n) is 15.2. The summed E-state index contributed by atoms with van der Waals surface area (Å²) in [6, 6.07) is 58.1. The Balaban J connectivity index is 1.03. The summed E-state index contributed by atoms with van der Waals surface area (Å²) < 4.78 is 99.3. The van der Waals surface area contributed by atoms with Gasteiger partial charge >= 0.3 is 0 Å². The van der Waals surface area contributed by atoms with Gasteiger partial charge in [0.05, 0.1) is 47.2 Å². The van der Waals surface area contributed by atoms with Crippen LogP contribution in [-0.4, -0.2) is 9.55 Å². The lowest BCUT2D eigenvalue weighted by atomic mass is 9.67. The molecule has 0 amide bonds. The van der Waals surface area contributed by atoms with E-state index in [1.807, 2.05) is 81.6 Å². The van der Waals surface area contributed by atoms with E-state index in [-0.39, 0.29) is 33.4 Å². The zero-order valence-electron chi connectivity index (χ0n) is 54.8. The Bertz CT molecular complexity index is 4680. The van der Waals surface area contributed by atoms with Crippen LogP contribution in [0, 0.1) is 0 Å². The molecule has 0 radical (unpaired) electrons. The summed E-state index contributed by atoms with van der Waals surface area (Å²) in [4.78, 5) is 4.94. The second-order valence-electron chi connectivity index (χ2n) is 22.2. The number of nitrogens with zero attached hydrogens (tertiary/aromatic N) is 2. The number of pyridine rings is 1. The first kappa shape index (κ1) is 39.0. The fourth-order valence-corrected chi connectivity index (χ4v) is 11.4. The van der Waals surface area contributed by atoms with Gasteiger partial charge in [-0.25, -0.2) is 4.98 Å². The molecule has 0 saturated carbocycles. The minimum atomic E-state index is -0.866. The number of anilines is 4. The van der Waals surface area contributed by atoms with Crippen LogP contribution in [0.25, 0.3) is 61.0 Å². The molecule has 1 aliphatic rings. The quantitative estimate of drug-likeness (QED) is 0.136. The molecule has 5 heteroatoms. The smallest absolute Gasteiger partial charge is 0.137 e. The van der Waals surface area contributed by atoms with Crippen LogP contribution < -0.4 is 15.4 Å². The van der Waals surface area contributed by atoms with Crippen LogP contribution >= 0.6 is 0 Å². The van der Waals surface area contributed by atoms with E-state index < -0.39 is 71.3 Å². The summed E-state index contributed by atoms with van der Waals surface area (Å²) in [5, 5.41) is 9.48. The number of benzene rings is 10. The number of para-hydroxylation sites is 3. The molecule has 13 rings (SSSR count). The van der Waals surface area contributed by atoms with Crippen LogP contribution in [0.5, 0.6) is 11.5 Å². The molecule has 2 aromatic heterocycles. The number of fused-ring (bicyclic) bond motifs is 6. The number of rotatable bonds is 11. The second kappa shape index (κ2) is 19.5. The van der Waals surface area contributed by atoms with E-state index in [1.165, 1.54) is 0 Å². The van der Waals surface area contributed by atoms with Gasteiger partial charge in [-0.2, -0.15) is 0 Å². The van der Waals surface area contributed by atoms with Gasteiger partial charge in [-0.15, -0.1) is 0 Å². The van der Waals surface area contributed by atoms with Crippen molar-refractivity contribution in [2.24, 2.45) is 0 Å². The summed E-state index contributed by atoms with van der Waals surface area (Å²) in [6.07, 6.45) is 1.87. The van der Waals surface area contributed by atoms with Crippen LogP contribution in [0.3, 0.4) is 0 Å². The molecule has 5 nitrogen and oxygen atoms in total. The summed E-state index contributed by atoms with van der Waals surface area (Å²) >= 11 is 0. The van der Waals surface area contributed by atoms with Crippen molar-refractivity contribution in [3.05, 3.63) is 288 Å². The molecule has 10 aromatic carbocycles. The highest BCUT2D eigenvalue weighted by Crippen LogP contribution is 2.57. The van der Waals surface area contributed by atoms with Gasteiger partial charge in [0.25, 0.3) is 0 Å². The van der Waals surface area contributed by atoms with Crippen LogP contribution in [0.15, 0.2) is 255 Å². The maximum atomic E-state index is 9.34. The van der Waals surface area contributed by atoms with E-state index >= 15 is 0 Å². The number of aromatic nitrogens is 2. The van der Waals surface area contributed by atoms with E-state index in [1.54, 1.807) is 12.1 Å². The van der Waals surface area contributed by atoms with Crippen molar-refractivity contribution in [1.82, 2.24) is 9.55 Å². The Morgan fingerprint density at radius 1 is 0.456 bits per heavy atom. The number of hydrogen-bond donors (Lipinski definition) is 2. The Labute approximate surface area is 477 Å². The van der Waals surface area contributed by atoms with Gasteiger partial charge in [0.2, 0.25) is 0 Å². The highest BCUT2D eigenvalue weighted by atomic mass is 16.5. The van der Waals surface area contributed by atoms with Crippen molar-refractivity contribution in [1.29, 1.82) is 0 Å². The van der Waals surface area contributed by atoms with E-state index in [2.05, 4.69) is 157 Å². The van der Waals surface area contributed by atoms with Crippen LogP contribution in [0.1, 0.15) is 88.6 Å². The van der Waals surface area contributed by atoms with Crippen molar-refractivity contribution in [2.75, 3.05) is 10.6 Å². The Morgan fingerprint density at radius 3 is 1.67 bits per heavy atom.